The quantitative estimate of drug-likeness (QED) is 0.0490. The van der Waals surface area contributed by atoms with Crippen LogP contribution in [0.15, 0.2) is 109 Å². The molecule has 18 nitrogen and oxygen atoms in total. The van der Waals surface area contributed by atoms with Gasteiger partial charge in [0.1, 0.15) is 35.4 Å². The van der Waals surface area contributed by atoms with Crippen LogP contribution in [0.4, 0.5) is 0 Å². The van der Waals surface area contributed by atoms with Crippen molar-refractivity contribution in [3.63, 3.8) is 0 Å². The molecule has 4 aromatic rings. The van der Waals surface area contributed by atoms with E-state index < -0.39 is 83.8 Å². The van der Waals surface area contributed by atoms with Crippen LogP contribution in [0, 0.1) is 11.8 Å². The van der Waals surface area contributed by atoms with E-state index in [9.17, 15) is 43.2 Å². The molecule has 69 heavy (non-hydrogen) atoms. The Kier molecular flexibility index (Phi) is 18.1. The summed E-state index contributed by atoms with van der Waals surface area (Å²) < 4.78 is 10.9. The molecule has 1 heterocycles. The van der Waals surface area contributed by atoms with E-state index in [1.54, 1.807) is 85.8 Å². The maximum Gasteiger partial charge on any atom is 0.298 e. The maximum atomic E-state index is 15.0. The molecule has 1 saturated heterocycles. The molecule has 362 valence electrons. The molecule has 6 rings (SSSR count). The highest BCUT2D eigenvalue weighted by Gasteiger charge is 2.45. The maximum absolute atomic E-state index is 15.0. The van der Waals surface area contributed by atoms with Crippen molar-refractivity contribution in [1.29, 1.82) is 0 Å². The normalized spacial score (nSPS) is 16.9. The molecule has 5 atom stereocenters. The summed E-state index contributed by atoms with van der Waals surface area (Å²) in [5, 5.41) is 13.2. The van der Waals surface area contributed by atoms with Gasteiger partial charge in [-0.2, -0.15) is 0 Å². The Hall–Kier alpha value is -7.89. The minimum absolute atomic E-state index is 0.00854. The van der Waals surface area contributed by atoms with E-state index in [2.05, 4.69) is 26.6 Å². The van der Waals surface area contributed by atoms with E-state index in [0.29, 0.717) is 41.9 Å². The lowest BCUT2D eigenvalue weighted by Gasteiger charge is -2.35. The number of hydrogen-bond donors (Lipinski definition) is 6. The summed E-state index contributed by atoms with van der Waals surface area (Å²) in [6.45, 7) is 1.30. The first-order valence-corrected chi connectivity index (χ1v) is 23.0. The van der Waals surface area contributed by atoms with E-state index in [1.807, 2.05) is 18.2 Å². The van der Waals surface area contributed by atoms with Crippen LogP contribution in [0.25, 0.3) is 0 Å². The molecule has 7 N–H and O–H groups in total. The van der Waals surface area contributed by atoms with Crippen LogP contribution in [-0.2, 0) is 33.6 Å². The molecular formula is C51H57N7O11. The van der Waals surface area contributed by atoms with Gasteiger partial charge in [0.05, 0.1) is 18.2 Å². The summed E-state index contributed by atoms with van der Waals surface area (Å²) in [5.74, 6) is -5.87. The predicted molar refractivity (Wildman–Crippen MR) is 251 cm³/mol. The molecule has 0 spiro atoms. The van der Waals surface area contributed by atoms with Gasteiger partial charge in [0.25, 0.3) is 24.2 Å². The first-order chi connectivity index (χ1) is 33.4. The molecule has 0 radical (unpaired) electrons. The van der Waals surface area contributed by atoms with E-state index in [4.69, 9.17) is 15.2 Å². The number of nitrogens with two attached hydrogens (primary N) is 1. The topological polar surface area (TPSA) is 262 Å². The third kappa shape index (κ3) is 13.8. The Morgan fingerprint density at radius 2 is 1.41 bits per heavy atom. The van der Waals surface area contributed by atoms with Gasteiger partial charge in [-0.25, -0.2) is 0 Å². The van der Waals surface area contributed by atoms with E-state index in [-0.39, 0.29) is 49.6 Å². The predicted octanol–water partition coefficient (Wildman–Crippen LogP) is 3.65. The number of rotatable bonds is 22. The molecule has 18 heteroatoms. The molecule has 1 saturated carbocycles. The summed E-state index contributed by atoms with van der Waals surface area (Å²) >= 11 is 0. The number of ether oxygens (including phenoxy) is 2. The van der Waals surface area contributed by atoms with Gasteiger partial charge in [-0.1, -0.05) is 93.3 Å². The zero-order valence-corrected chi connectivity index (χ0v) is 38.2. The number of hydrogen-bond acceptors (Lipinski definition) is 11. The van der Waals surface area contributed by atoms with Gasteiger partial charge in [-0.15, -0.1) is 0 Å². The van der Waals surface area contributed by atoms with Crippen LogP contribution < -0.4 is 41.8 Å². The Morgan fingerprint density at radius 1 is 0.754 bits per heavy atom. The first kappa shape index (κ1) is 50.5. The molecule has 4 aromatic carbocycles. The number of para-hydroxylation sites is 2. The Morgan fingerprint density at radius 3 is 2.07 bits per heavy atom. The van der Waals surface area contributed by atoms with Crippen LogP contribution in [0.2, 0.25) is 0 Å². The third-order valence-corrected chi connectivity index (χ3v) is 12.2. The van der Waals surface area contributed by atoms with Crippen molar-refractivity contribution >= 4 is 53.6 Å². The van der Waals surface area contributed by atoms with Crippen LogP contribution in [0.5, 0.6) is 17.2 Å². The second-order valence-electron chi connectivity index (χ2n) is 17.0. The highest BCUT2D eigenvalue weighted by Crippen LogP contribution is 2.32. The Bertz CT molecular complexity index is 2460. The highest BCUT2D eigenvalue weighted by atomic mass is 16.5. The molecule has 0 aromatic heterocycles. The molecule has 2 aliphatic rings. The van der Waals surface area contributed by atoms with E-state index in [0.717, 1.165) is 19.3 Å². The Balaban J connectivity index is 1.18. The second kappa shape index (κ2) is 24.8. The second-order valence-corrected chi connectivity index (χ2v) is 17.0. The number of carbonyl (C=O) groups is 9. The summed E-state index contributed by atoms with van der Waals surface area (Å²) in [5.41, 5.74) is 6.29. The number of ketones is 1. The molecule has 7 amide bonds. The SMILES string of the molecule is CCCC(NC(=O)[C@@H]1C[C@@H](CNC(=O)c2ccc(Oc3ccccc3)cc2)CN1C(=O)[C@@H](NC(=O)c1ccccc1OC=O)C1CCCCC1)C(=O)C(=O)NCC(=O)N[C@H](C(N)=O)c1ccccc1. The standard InChI is InChI=1S/C51H57N7O11/c1-2-14-39(45(61)50(66)54-29-42(60)56-43(46(52)62)33-15-6-3-7-16-33)55-49(65)40-27-32(28-53-47(63)35-23-25-37(26-24-35)69-36-19-10-5-11-20-36)30-58(40)51(67)44(34-17-8-4-9-18-34)57-48(64)38-21-12-13-22-41(38)68-31-59/h3,5-7,10-13,15-16,19-26,31-32,34,39-40,43-44H,2,4,8-9,14,17-18,27-30H2,1H3,(H2,52,62)(H,53,63)(H,54,66)(H,55,65)(H,56,60)(H,57,64)/t32-,39?,40-,43-,44-/m0/s1. The van der Waals surface area contributed by atoms with Crippen LogP contribution >= 0.6 is 0 Å². The van der Waals surface area contributed by atoms with Gasteiger partial charge in [0.15, 0.2) is 0 Å². The first-order valence-electron chi connectivity index (χ1n) is 23.0. The molecule has 1 unspecified atom stereocenters. The lowest BCUT2D eigenvalue weighted by molar-refractivity contribution is -0.143. The number of nitrogens with zero attached hydrogens (tertiary/aromatic N) is 1. The number of nitrogens with one attached hydrogen (secondary N) is 5. The molecule has 1 aliphatic carbocycles. The molecular weight excluding hydrogens is 887 g/mol. The third-order valence-electron chi connectivity index (χ3n) is 12.2. The lowest BCUT2D eigenvalue weighted by Crippen LogP contribution is -2.58. The summed E-state index contributed by atoms with van der Waals surface area (Å²) in [4.78, 5) is 121. The largest absolute Gasteiger partial charge is 0.457 e. The number of amides is 7. The van der Waals surface area contributed by atoms with Gasteiger partial charge in [-0.05, 0) is 91.6 Å². The van der Waals surface area contributed by atoms with Gasteiger partial charge in [0, 0.05) is 18.7 Å². The number of primary amides is 1. The zero-order chi connectivity index (χ0) is 49.3. The molecule has 1 aliphatic heterocycles. The number of benzene rings is 4. The van der Waals surface area contributed by atoms with E-state index >= 15 is 0 Å². The van der Waals surface area contributed by atoms with Gasteiger partial charge in [-0.3, -0.25) is 43.2 Å². The van der Waals surface area contributed by atoms with Crippen LogP contribution in [-0.4, -0.2) is 96.3 Å². The van der Waals surface area contributed by atoms with Crippen LogP contribution in [0.1, 0.15) is 90.6 Å². The number of Topliss-reactive ketones (excluding diaryl/α,β-unsaturated/α-hetero) is 1. The smallest absolute Gasteiger partial charge is 0.298 e. The van der Waals surface area contributed by atoms with Crippen molar-refractivity contribution in [1.82, 2.24) is 31.5 Å². The highest BCUT2D eigenvalue weighted by molar-refractivity contribution is 6.38. The fourth-order valence-corrected chi connectivity index (χ4v) is 8.66. The average molecular weight is 944 g/mol. The van der Waals surface area contributed by atoms with Crippen LogP contribution in [0.3, 0.4) is 0 Å². The van der Waals surface area contributed by atoms with Crippen molar-refractivity contribution in [3.05, 3.63) is 126 Å². The number of carbonyl (C=O) groups excluding carboxylic acids is 9. The average Bonchev–Trinajstić information content (AvgIpc) is 3.81. The monoisotopic (exact) mass is 943 g/mol. The van der Waals surface area contributed by atoms with Crippen molar-refractivity contribution in [2.75, 3.05) is 19.6 Å². The minimum Gasteiger partial charge on any atom is -0.457 e. The summed E-state index contributed by atoms with van der Waals surface area (Å²) in [6, 6.07) is 25.1. The minimum atomic E-state index is -1.36. The van der Waals surface area contributed by atoms with Crippen molar-refractivity contribution < 1.29 is 52.6 Å². The van der Waals surface area contributed by atoms with Gasteiger partial charge >= 0.3 is 0 Å². The fourth-order valence-electron chi connectivity index (χ4n) is 8.66. The van der Waals surface area contributed by atoms with E-state index in [1.165, 1.54) is 17.0 Å². The van der Waals surface area contributed by atoms with Crippen molar-refractivity contribution in [3.8, 4) is 17.2 Å². The molecule has 0 bridgehead atoms. The molecule has 2 fully saturated rings. The number of likely N-dealkylation sites (tertiary alicyclic amines) is 1. The van der Waals surface area contributed by atoms with Gasteiger partial charge in [0.2, 0.25) is 29.4 Å². The Labute approximate surface area is 399 Å². The zero-order valence-electron chi connectivity index (χ0n) is 38.2. The summed E-state index contributed by atoms with van der Waals surface area (Å²) in [7, 11) is 0. The summed E-state index contributed by atoms with van der Waals surface area (Å²) in [6.07, 6.45) is 4.19. The van der Waals surface area contributed by atoms with Gasteiger partial charge < -0.3 is 46.7 Å². The van der Waals surface area contributed by atoms with Crippen molar-refractivity contribution in [2.24, 2.45) is 17.6 Å². The lowest BCUT2D eigenvalue weighted by atomic mass is 9.83. The van der Waals surface area contributed by atoms with Crippen molar-refractivity contribution in [2.45, 2.75) is 82.5 Å². The fraction of sp³-hybridized carbons (Fsp3) is 0.353.